The number of nitrogens with one attached hydrogen (secondary N) is 1. The highest BCUT2D eigenvalue weighted by Crippen LogP contribution is 2.26. The number of nitrogens with zero attached hydrogens (tertiary/aromatic N) is 2. The lowest BCUT2D eigenvalue weighted by atomic mass is 10.4. The summed E-state index contributed by atoms with van der Waals surface area (Å²) < 4.78 is 1.13. The van der Waals surface area contributed by atoms with E-state index in [1.165, 1.54) is 6.20 Å². The Bertz CT molecular complexity index is 570. The van der Waals surface area contributed by atoms with Gasteiger partial charge in [-0.05, 0) is 19.8 Å². The molecule has 0 aromatic carbocycles. The first-order valence-corrected chi connectivity index (χ1v) is 5.91. The third kappa shape index (κ3) is 2.44. The van der Waals surface area contributed by atoms with E-state index < -0.39 is 11.2 Å². The Kier molecular flexibility index (Phi) is 3.22. The molecule has 18 heavy (non-hydrogen) atoms. The Morgan fingerprint density at radius 1 is 1.56 bits per heavy atom. The summed E-state index contributed by atoms with van der Waals surface area (Å²) in [6.45, 7) is 2.43. The lowest BCUT2D eigenvalue weighted by molar-refractivity contribution is -0.132. The largest absolute Gasteiger partial charge is 0.393 e. The number of carbonyl (C=O) groups excluding carboxylic acids is 1. The molecule has 1 fully saturated rings. The maximum Gasteiger partial charge on any atom is 0.328 e. The van der Waals surface area contributed by atoms with Crippen LogP contribution in [-0.2, 0) is 11.3 Å². The molecule has 1 aliphatic rings. The number of anilines is 1. The lowest BCUT2D eigenvalue weighted by Crippen LogP contribution is -2.39. The quantitative estimate of drug-likeness (QED) is 0.727. The minimum Gasteiger partial charge on any atom is -0.393 e. The second kappa shape index (κ2) is 4.67. The average Bonchev–Trinajstić information content (AvgIpc) is 3.11. The third-order valence-electron chi connectivity index (χ3n) is 2.99. The van der Waals surface area contributed by atoms with E-state index in [0.717, 1.165) is 17.4 Å². The first-order valence-electron chi connectivity index (χ1n) is 5.91. The summed E-state index contributed by atoms with van der Waals surface area (Å²) in [5.74, 6) is -0.131. The van der Waals surface area contributed by atoms with E-state index in [4.69, 9.17) is 5.73 Å². The average molecular weight is 252 g/mol. The monoisotopic (exact) mass is 252 g/mol. The summed E-state index contributed by atoms with van der Waals surface area (Å²) in [6.07, 6.45) is 3.24. The molecule has 1 amide bonds. The van der Waals surface area contributed by atoms with E-state index in [0.29, 0.717) is 12.6 Å². The summed E-state index contributed by atoms with van der Waals surface area (Å²) in [6, 6.07) is 0.304. The Hall–Kier alpha value is -2.05. The van der Waals surface area contributed by atoms with E-state index in [9.17, 15) is 14.4 Å². The minimum absolute atomic E-state index is 0.0723. The van der Waals surface area contributed by atoms with Crippen molar-refractivity contribution in [3.05, 3.63) is 27.0 Å². The molecular formula is C11H16N4O3. The molecule has 0 spiro atoms. The Morgan fingerprint density at radius 2 is 2.22 bits per heavy atom. The summed E-state index contributed by atoms with van der Waals surface area (Å²) in [7, 11) is 0. The van der Waals surface area contributed by atoms with Crippen LogP contribution in [0.5, 0.6) is 0 Å². The topological polar surface area (TPSA) is 101 Å². The number of hydrogen-bond donors (Lipinski definition) is 2. The molecule has 3 N–H and O–H groups in total. The van der Waals surface area contributed by atoms with Gasteiger partial charge in [-0.25, -0.2) is 4.79 Å². The number of aromatic nitrogens is 2. The molecule has 1 saturated carbocycles. The van der Waals surface area contributed by atoms with Gasteiger partial charge >= 0.3 is 5.69 Å². The fourth-order valence-corrected chi connectivity index (χ4v) is 1.90. The maximum absolute atomic E-state index is 12.0. The Labute approximate surface area is 103 Å². The first kappa shape index (κ1) is 12.4. The van der Waals surface area contributed by atoms with Crippen LogP contribution in [0.25, 0.3) is 0 Å². The molecule has 7 nitrogen and oxygen atoms in total. The zero-order valence-electron chi connectivity index (χ0n) is 10.2. The van der Waals surface area contributed by atoms with Gasteiger partial charge in [0.05, 0.1) is 0 Å². The fourth-order valence-electron chi connectivity index (χ4n) is 1.90. The van der Waals surface area contributed by atoms with Crippen molar-refractivity contribution in [2.75, 3.05) is 12.3 Å². The van der Waals surface area contributed by atoms with Gasteiger partial charge in [-0.2, -0.15) is 0 Å². The number of likely N-dealkylation sites (N-methyl/N-ethyl adjacent to an activating group) is 1. The van der Waals surface area contributed by atoms with Crippen molar-refractivity contribution in [3.63, 3.8) is 0 Å². The molecule has 1 heterocycles. The molecule has 0 radical (unpaired) electrons. The van der Waals surface area contributed by atoms with Crippen molar-refractivity contribution in [1.29, 1.82) is 0 Å². The molecule has 2 rings (SSSR count). The predicted molar refractivity (Wildman–Crippen MR) is 66.1 cm³/mol. The molecular weight excluding hydrogens is 236 g/mol. The van der Waals surface area contributed by atoms with Gasteiger partial charge in [0.15, 0.2) is 0 Å². The molecule has 0 bridgehead atoms. The first-order chi connectivity index (χ1) is 8.52. The molecule has 1 aliphatic carbocycles. The van der Waals surface area contributed by atoms with Gasteiger partial charge < -0.3 is 10.6 Å². The smallest absolute Gasteiger partial charge is 0.328 e. The highest BCUT2D eigenvalue weighted by molar-refractivity contribution is 5.76. The molecule has 1 aromatic heterocycles. The van der Waals surface area contributed by atoms with Gasteiger partial charge in [-0.3, -0.25) is 19.1 Å². The minimum atomic E-state index is -0.627. The zero-order valence-corrected chi connectivity index (χ0v) is 10.2. The fraction of sp³-hybridized carbons (Fsp3) is 0.545. The van der Waals surface area contributed by atoms with Crippen LogP contribution in [-0.4, -0.2) is 32.9 Å². The number of hydrogen-bond acceptors (Lipinski definition) is 4. The summed E-state index contributed by atoms with van der Waals surface area (Å²) in [4.78, 5) is 38.4. The Morgan fingerprint density at radius 3 is 2.78 bits per heavy atom. The van der Waals surface area contributed by atoms with Gasteiger partial charge in [-0.1, -0.05) is 0 Å². The molecule has 0 unspecified atom stereocenters. The standard InChI is InChI=1S/C11H16N4O3/c1-2-15(7-3-4-7)9(16)6-14-5-8(12)10(17)13-11(14)18/h5,7H,2-4,6,12H2,1H3,(H,13,17,18). The van der Waals surface area contributed by atoms with Crippen molar-refractivity contribution in [2.45, 2.75) is 32.4 Å². The second-order valence-corrected chi connectivity index (χ2v) is 4.38. The van der Waals surface area contributed by atoms with Crippen molar-refractivity contribution in [3.8, 4) is 0 Å². The number of aromatic amines is 1. The zero-order chi connectivity index (χ0) is 13.3. The number of rotatable bonds is 4. The van der Waals surface area contributed by atoms with E-state index >= 15 is 0 Å². The van der Waals surface area contributed by atoms with Crippen molar-refractivity contribution in [2.24, 2.45) is 0 Å². The van der Waals surface area contributed by atoms with Crippen LogP contribution in [0.1, 0.15) is 19.8 Å². The number of amides is 1. The van der Waals surface area contributed by atoms with Crippen LogP contribution >= 0.6 is 0 Å². The van der Waals surface area contributed by atoms with Crippen molar-refractivity contribution < 1.29 is 4.79 Å². The summed E-state index contributed by atoms with van der Waals surface area (Å²) in [5.41, 5.74) is 4.10. The van der Waals surface area contributed by atoms with Crippen LogP contribution in [0, 0.1) is 0 Å². The normalized spacial score (nSPS) is 14.5. The number of carbonyl (C=O) groups is 1. The molecule has 98 valence electrons. The van der Waals surface area contributed by atoms with E-state index in [2.05, 4.69) is 4.98 Å². The van der Waals surface area contributed by atoms with Gasteiger partial charge in [0.25, 0.3) is 5.56 Å². The van der Waals surface area contributed by atoms with Crippen LogP contribution in [0.4, 0.5) is 5.69 Å². The van der Waals surface area contributed by atoms with Gasteiger partial charge in [-0.15, -0.1) is 0 Å². The predicted octanol–water partition coefficient (Wildman–Crippen LogP) is -0.870. The Balaban J connectivity index is 2.18. The highest BCUT2D eigenvalue weighted by atomic mass is 16.2. The van der Waals surface area contributed by atoms with E-state index in [1.807, 2.05) is 6.92 Å². The van der Waals surface area contributed by atoms with Crippen LogP contribution in [0.3, 0.4) is 0 Å². The van der Waals surface area contributed by atoms with Crippen LogP contribution in [0.2, 0.25) is 0 Å². The number of H-pyrrole nitrogens is 1. The van der Waals surface area contributed by atoms with Crippen LogP contribution < -0.4 is 17.0 Å². The van der Waals surface area contributed by atoms with Crippen molar-refractivity contribution >= 4 is 11.6 Å². The molecule has 0 saturated heterocycles. The van der Waals surface area contributed by atoms with E-state index in [1.54, 1.807) is 4.90 Å². The van der Waals surface area contributed by atoms with Crippen molar-refractivity contribution in [1.82, 2.24) is 14.5 Å². The van der Waals surface area contributed by atoms with Gasteiger partial charge in [0.2, 0.25) is 5.91 Å². The number of nitrogen functional groups attached to an aromatic ring is 1. The molecule has 1 aromatic rings. The molecule has 7 heteroatoms. The van der Waals surface area contributed by atoms with Crippen LogP contribution in [0.15, 0.2) is 15.8 Å². The summed E-state index contributed by atoms with van der Waals surface area (Å²) >= 11 is 0. The second-order valence-electron chi connectivity index (χ2n) is 4.38. The molecule has 0 atom stereocenters. The molecule has 0 aliphatic heterocycles. The SMILES string of the molecule is CCN(C(=O)Cn1cc(N)c(=O)[nH]c1=O)C1CC1. The highest BCUT2D eigenvalue weighted by Gasteiger charge is 2.31. The van der Waals surface area contributed by atoms with Gasteiger partial charge in [0.1, 0.15) is 12.2 Å². The van der Waals surface area contributed by atoms with E-state index in [-0.39, 0.29) is 18.1 Å². The maximum atomic E-state index is 12.0. The lowest BCUT2D eigenvalue weighted by Gasteiger charge is -2.20. The summed E-state index contributed by atoms with van der Waals surface area (Å²) in [5, 5.41) is 0. The number of nitrogens with two attached hydrogens (primary N) is 1. The van der Waals surface area contributed by atoms with Gasteiger partial charge in [0, 0.05) is 18.8 Å². The third-order valence-corrected chi connectivity index (χ3v) is 2.99.